The predicted octanol–water partition coefficient (Wildman–Crippen LogP) is 2.69. The fraction of sp³-hybridized carbons (Fsp3) is 0.0833. The van der Waals surface area contributed by atoms with Gasteiger partial charge in [0.15, 0.2) is 0 Å². The van der Waals surface area contributed by atoms with Gasteiger partial charge in [-0.3, -0.25) is 0 Å². The van der Waals surface area contributed by atoms with Gasteiger partial charge in [-0.15, -0.1) is 17.8 Å². The van der Waals surface area contributed by atoms with Gasteiger partial charge < -0.3 is 5.11 Å². The Morgan fingerprint density at radius 3 is 2.73 bits per heavy atom. The van der Waals surface area contributed by atoms with Gasteiger partial charge in [0.2, 0.25) is 0 Å². The smallest absolute Gasteiger partial charge is 0.115 e. The number of nitrogens with zero attached hydrogens (tertiary/aromatic N) is 1. The zero-order valence-corrected chi connectivity index (χ0v) is 8.79. The molecule has 0 bridgehead atoms. The maximum absolute atomic E-state index is 9.15. The van der Waals surface area contributed by atoms with E-state index in [0.29, 0.717) is 6.42 Å². The van der Waals surface area contributed by atoms with Crippen molar-refractivity contribution in [3.63, 3.8) is 0 Å². The normalized spacial score (nSPS) is 9.80. The highest BCUT2D eigenvalue weighted by atomic mass is 32.1. The monoisotopic (exact) mass is 215 g/mol. The summed E-state index contributed by atoms with van der Waals surface area (Å²) in [4.78, 5) is 4.39. The summed E-state index contributed by atoms with van der Waals surface area (Å²) in [7, 11) is 0. The van der Waals surface area contributed by atoms with Gasteiger partial charge in [0.25, 0.3) is 0 Å². The molecule has 3 heteroatoms. The van der Waals surface area contributed by atoms with E-state index in [4.69, 9.17) is 11.5 Å². The maximum Gasteiger partial charge on any atom is 0.115 e. The van der Waals surface area contributed by atoms with Crippen LogP contribution < -0.4 is 0 Å². The summed E-state index contributed by atoms with van der Waals surface area (Å²) >= 11 is 1.56. The van der Waals surface area contributed by atoms with Crippen molar-refractivity contribution >= 4 is 11.3 Å². The number of terminal acetylenes is 1. The molecule has 0 amide bonds. The molecule has 0 radical (unpaired) electrons. The molecule has 1 heterocycles. The SMILES string of the molecule is C#CCc1nc(-c2ccc(O)cc2)cs1. The van der Waals surface area contributed by atoms with E-state index in [1.807, 2.05) is 17.5 Å². The van der Waals surface area contributed by atoms with Gasteiger partial charge in [-0.25, -0.2) is 4.98 Å². The Balaban J connectivity index is 2.30. The summed E-state index contributed by atoms with van der Waals surface area (Å²) in [5.41, 5.74) is 1.90. The van der Waals surface area contributed by atoms with Crippen LogP contribution in [-0.2, 0) is 6.42 Å². The molecule has 0 aliphatic heterocycles. The topological polar surface area (TPSA) is 33.1 Å². The second-order valence-electron chi connectivity index (χ2n) is 3.05. The highest BCUT2D eigenvalue weighted by Gasteiger charge is 2.03. The second kappa shape index (κ2) is 4.16. The Morgan fingerprint density at radius 2 is 2.07 bits per heavy atom. The van der Waals surface area contributed by atoms with Crippen LogP contribution in [-0.4, -0.2) is 10.1 Å². The Hall–Kier alpha value is -1.79. The average molecular weight is 215 g/mol. The van der Waals surface area contributed by atoms with Gasteiger partial charge in [0.05, 0.1) is 12.1 Å². The first kappa shape index (κ1) is 9.75. The van der Waals surface area contributed by atoms with Crippen LogP contribution in [0, 0.1) is 12.3 Å². The van der Waals surface area contributed by atoms with Crippen molar-refractivity contribution in [2.45, 2.75) is 6.42 Å². The minimum absolute atomic E-state index is 0.262. The summed E-state index contributed by atoms with van der Waals surface area (Å²) in [5, 5.41) is 12.1. The molecule has 74 valence electrons. The lowest BCUT2D eigenvalue weighted by molar-refractivity contribution is 0.475. The van der Waals surface area contributed by atoms with Gasteiger partial charge in [0.1, 0.15) is 10.8 Å². The van der Waals surface area contributed by atoms with E-state index in [1.165, 1.54) is 0 Å². The Bertz CT molecular complexity index is 493. The fourth-order valence-corrected chi connectivity index (χ4v) is 2.00. The quantitative estimate of drug-likeness (QED) is 0.781. The summed E-state index contributed by atoms with van der Waals surface area (Å²) < 4.78 is 0. The van der Waals surface area contributed by atoms with Crippen LogP contribution in [0.15, 0.2) is 29.6 Å². The number of rotatable bonds is 2. The molecule has 0 unspecified atom stereocenters. The van der Waals surface area contributed by atoms with E-state index >= 15 is 0 Å². The zero-order valence-electron chi connectivity index (χ0n) is 7.97. The molecule has 1 aromatic carbocycles. The van der Waals surface area contributed by atoms with Crippen molar-refractivity contribution in [1.82, 2.24) is 4.98 Å². The first-order chi connectivity index (χ1) is 7.29. The predicted molar refractivity (Wildman–Crippen MR) is 61.8 cm³/mol. The van der Waals surface area contributed by atoms with Crippen LogP contribution in [0.2, 0.25) is 0 Å². The summed E-state index contributed by atoms with van der Waals surface area (Å²) in [6.45, 7) is 0. The van der Waals surface area contributed by atoms with Crippen molar-refractivity contribution in [2.75, 3.05) is 0 Å². The molecule has 1 N–H and O–H groups in total. The van der Waals surface area contributed by atoms with E-state index in [0.717, 1.165) is 16.3 Å². The Labute approximate surface area is 92.2 Å². The average Bonchev–Trinajstić information content (AvgIpc) is 2.68. The number of phenols is 1. The van der Waals surface area contributed by atoms with Gasteiger partial charge in [0, 0.05) is 10.9 Å². The van der Waals surface area contributed by atoms with E-state index < -0.39 is 0 Å². The Kier molecular flexibility index (Phi) is 2.70. The minimum atomic E-state index is 0.262. The molecule has 0 saturated heterocycles. The molecule has 2 aromatic rings. The molecule has 2 nitrogen and oxygen atoms in total. The second-order valence-corrected chi connectivity index (χ2v) is 4.00. The largest absolute Gasteiger partial charge is 0.508 e. The lowest BCUT2D eigenvalue weighted by Crippen LogP contribution is -1.80. The fourth-order valence-electron chi connectivity index (χ4n) is 1.24. The molecular weight excluding hydrogens is 206 g/mol. The van der Waals surface area contributed by atoms with Crippen LogP contribution in [0.4, 0.5) is 0 Å². The standard InChI is InChI=1S/C12H9NOS/c1-2-3-12-13-11(8-15-12)9-4-6-10(14)7-5-9/h1,4-8,14H,3H2. The van der Waals surface area contributed by atoms with Crippen molar-refractivity contribution < 1.29 is 5.11 Å². The first-order valence-electron chi connectivity index (χ1n) is 4.47. The first-order valence-corrected chi connectivity index (χ1v) is 5.35. The van der Waals surface area contributed by atoms with Crippen molar-refractivity contribution in [2.24, 2.45) is 0 Å². The van der Waals surface area contributed by atoms with Gasteiger partial charge in [-0.05, 0) is 24.3 Å². The number of aromatic nitrogens is 1. The van der Waals surface area contributed by atoms with Crippen molar-refractivity contribution in [1.29, 1.82) is 0 Å². The molecule has 15 heavy (non-hydrogen) atoms. The lowest BCUT2D eigenvalue weighted by Gasteiger charge is -1.95. The van der Waals surface area contributed by atoms with E-state index in [2.05, 4.69) is 10.9 Å². The molecule has 0 aliphatic rings. The van der Waals surface area contributed by atoms with E-state index in [-0.39, 0.29) is 5.75 Å². The summed E-state index contributed by atoms with van der Waals surface area (Å²) in [6, 6.07) is 6.97. The number of hydrogen-bond donors (Lipinski definition) is 1. The number of aromatic hydroxyl groups is 1. The maximum atomic E-state index is 9.15. The van der Waals surface area contributed by atoms with Crippen LogP contribution >= 0.6 is 11.3 Å². The number of benzene rings is 1. The molecule has 2 rings (SSSR count). The molecule has 0 spiro atoms. The number of thiazole rings is 1. The summed E-state index contributed by atoms with van der Waals surface area (Å²) in [5.74, 6) is 2.83. The minimum Gasteiger partial charge on any atom is -0.508 e. The van der Waals surface area contributed by atoms with Crippen LogP contribution in [0.25, 0.3) is 11.3 Å². The highest BCUT2D eigenvalue weighted by molar-refractivity contribution is 7.10. The zero-order chi connectivity index (χ0) is 10.7. The molecular formula is C12H9NOS. The molecule has 0 fully saturated rings. The number of phenolic OH excluding ortho intramolecular Hbond substituents is 1. The third kappa shape index (κ3) is 2.17. The highest BCUT2D eigenvalue weighted by Crippen LogP contribution is 2.23. The third-order valence-electron chi connectivity index (χ3n) is 1.97. The molecule has 1 aromatic heterocycles. The Morgan fingerprint density at radius 1 is 1.33 bits per heavy atom. The van der Waals surface area contributed by atoms with Crippen molar-refractivity contribution in [3.05, 3.63) is 34.7 Å². The lowest BCUT2D eigenvalue weighted by atomic mass is 10.2. The van der Waals surface area contributed by atoms with E-state index in [9.17, 15) is 0 Å². The number of hydrogen-bond acceptors (Lipinski definition) is 3. The van der Waals surface area contributed by atoms with Crippen molar-refractivity contribution in [3.8, 4) is 29.4 Å². The van der Waals surface area contributed by atoms with Gasteiger partial charge >= 0.3 is 0 Å². The van der Waals surface area contributed by atoms with Crippen LogP contribution in [0.5, 0.6) is 5.75 Å². The van der Waals surface area contributed by atoms with E-state index in [1.54, 1.807) is 23.5 Å². The van der Waals surface area contributed by atoms with Gasteiger partial charge in [-0.2, -0.15) is 0 Å². The van der Waals surface area contributed by atoms with Crippen LogP contribution in [0.1, 0.15) is 5.01 Å². The summed E-state index contributed by atoms with van der Waals surface area (Å²) in [6.07, 6.45) is 5.78. The van der Waals surface area contributed by atoms with Gasteiger partial charge in [-0.1, -0.05) is 5.92 Å². The molecule has 0 aliphatic carbocycles. The molecule has 0 saturated carbocycles. The third-order valence-corrected chi connectivity index (χ3v) is 2.82. The van der Waals surface area contributed by atoms with Crippen LogP contribution in [0.3, 0.4) is 0 Å². The molecule has 0 atom stereocenters.